The number of aromatic nitrogens is 2. The Morgan fingerprint density at radius 2 is 2.30 bits per heavy atom. The third-order valence-corrected chi connectivity index (χ3v) is 3.65. The van der Waals surface area contributed by atoms with Gasteiger partial charge < -0.3 is 10.6 Å². The lowest BCUT2D eigenvalue weighted by atomic mass is 9.99. The molecule has 0 spiro atoms. The molecule has 5 heteroatoms. The Labute approximate surface area is 118 Å². The van der Waals surface area contributed by atoms with Crippen molar-refractivity contribution in [3.05, 3.63) is 46.8 Å². The van der Waals surface area contributed by atoms with Crippen molar-refractivity contribution in [1.29, 1.82) is 0 Å². The topological polar surface area (TPSA) is 59.0 Å². The fraction of sp³-hybridized carbons (Fsp3) is 0.333. The highest BCUT2D eigenvalue weighted by molar-refractivity contribution is 6.05. The molecule has 1 aromatic carbocycles. The maximum Gasteiger partial charge on any atom is 0.259 e. The van der Waals surface area contributed by atoms with E-state index in [1.807, 2.05) is 26.1 Å². The number of anilines is 1. The van der Waals surface area contributed by atoms with Crippen LogP contribution in [0.15, 0.2) is 24.4 Å². The molecule has 2 heterocycles. The molecule has 104 valence electrons. The van der Waals surface area contributed by atoms with E-state index < -0.39 is 0 Å². The second-order valence-electron chi connectivity index (χ2n) is 5.13. The van der Waals surface area contributed by atoms with Crippen molar-refractivity contribution in [2.45, 2.75) is 19.9 Å². The smallest absolute Gasteiger partial charge is 0.259 e. The van der Waals surface area contributed by atoms with Gasteiger partial charge in [-0.05, 0) is 37.1 Å². The van der Waals surface area contributed by atoms with Crippen molar-refractivity contribution in [3.8, 4) is 0 Å². The molecule has 0 unspecified atom stereocenters. The van der Waals surface area contributed by atoms with Gasteiger partial charge in [-0.2, -0.15) is 5.10 Å². The van der Waals surface area contributed by atoms with Crippen molar-refractivity contribution < 1.29 is 4.79 Å². The molecule has 0 atom stereocenters. The highest BCUT2D eigenvalue weighted by atomic mass is 16.1. The predicted molar refractivity (Wildman–Crippen MR) is 77.8 cm³/mol. The number of aryl methyl sites for hydroxylation is 2. The number of hydrogen-bond acceptors (Lipinski definition) is 3. The molecule has 1 aliphatic rings. The number of carbonyl (C=O) groups excluding carboxylic acids is 1. The summed E-state index contributed by atoms with van der Waals surface area (Å²) < 4.78 is 1.66. The van der Waals surface area contributed by atoms with Crippen molar-refractivity contribution in [3.63, 3.8) is 0 Å². The molecule has 2 aromatic rings. The maximum atomic E-state index is 12.4. The van der Waals surface area contributed by atoms with Crippen LogP contribution in [0.3, 0.4) is 0 Å². The molecular weight excluding hydrogens is 252 g/mol. The lowest BCUT2D eigenvalue weighted by molar-refractivity contribution is 0.102. The van der Waals surface area contributed by atoms with Crippen molar-refractivity contribution in [2.75, 3.05) is 11.9 Å². The van der Waals surface area contributed by atoms with Gasteiger partial charge in [0.25, 0.3) is 5.91 Å². The Bertz CT molecular complexity index is 660. The van der Waals surface area contributed by atoms with Crippen LogP contribution < -0.4 is 10.6 Å². The average Bonchev–Trinajstić information content (AvgIpc) is 2.78. The summed E-state index contributed by atoms with van der Waals surface area (Å²) in [7, 11) is 1.82. The fourth-order valence-electron chi connectivity index (χ4n) is 2.66. The van der Waals surface area contributed by atoms with E-state index in [-0.39, 0.29) is 5.91 Å². The summed E-state index contributed by atoms with van der Waals surface area (Å²) in [6, 6.07) is 6.05. The monoisotopic (exact) mass is 270 g/mol. The largest absolute Gasteiger partial charge is 0.322 e. The molecule has 0 saturated heterocycles. The summed E-state index contributed by atoms with van der Waals surface area (Å²) in [5.74, 6) is -0.0949. The number of benzene rings is 1. The number of amides is 1. The second kappa shape index (κ2) is 5.09. The van der Waals surface area contributed by atoms with E-state index >= 15 is 0 Å². The Balaban J connectivity index is 1.88. The summed E-state index contributed by atoms with van der Waals surface area (Å²) in [5.41, 5.74) is 4.78. The van der Waals surface area contributed by atoms with E-state index in [0.717, 1.165) is 30.9 Å². The molecule has 0 saturated carbocycles. The second-order valence-corrected chi connectivity index (χ2v) is 5.13. The Morgan fingerprint density at radius 3 is 3.05 bits per heavy atom. The predicted octanol–water partition coefficient (Wildman–Crippen LogP) is 1.63. The van der Waals surface area contributed by atoms with Gasteiger partial charge in [0.1, 0.15) is 0 Å². The van der Waals surface area contributed by atoms with Gasteiger partial charge in [-0.15, -0.1) is 0 Å². The van der Waals surface area contributed by atoms with E-state index in [1.165, 1.54) is 11.1 Å². The van der Waals surface area contributed by atoms with Crippen LogP contribution in [0.25, 0.3) is 0 Å². The summed E-state index contributed by atoms with van der Waals surface area (Å²) >= 11 is 0. The minimum absolute atomic E-state index is 0.0949. The van der Waals surface area contributed by atoms with Gasteiger partial charge in [0, 0.05) is 25.5 Å². The van der Waals surface area contributed by atoms with Crippen LogP contribution >= 0.6 is 0 Å². The van der Waals surface area contributed by atoms with Gasteiger partial charge in [0.15, 0.2) is 0 Å². The van der Waals surface area contributed by atoms with Crippen LogP contribution in [0.2, 0.25) is 0 Å². The first-order chi connectivity index (χ1) is 9.65. The first-order valence-electron chi connectivity index (χ1n) is 6.78. The van der Waals surface area contributed by atoms with Gasteiger partial charge in [0.2, 0.25) is 0 Å². The van der Waals surface area contributed by atoms with Crippen LogP contribution in [0.5, 0.6) is 0 Å². The Kier molecular flexibility index (Phi) is 3.28. The molecule has 0 radical (unpaired) electrons. The number of carbonyl (C=O) groups is 1. The summed E-state index contributed by atoms with van der Waals surface area (Å²) in [5, 5.41) is 10.6. The molecule has 5 nitrogen and oxygen atoms in total. The molecule has 0 aliphatic carbocycles. The Morgan fingerprint density at radius 1 is 1.45 bits per heavy atom. The van der Waals surface area contributed by atoms with Gasteiger partial charge >= 0.3 is 0 Å². The van der Waals surface area contributed by atoms with E-state index in [4.69, 9.17) is 0 Å². The molecule has 1 amide bonds. The van der Waals surface area contributed by atoms with Crippen LogP contribution in [-0.4, -0.2) is 22.2 Å². The van der Waals surface area contributed by atoms with E-state index in [1.54, 1.807) is 10.9 Å². The van der Waals surface area contributed by atoms with Gasteiger partial charge in [-0.3, -0.25) is 9.48 Å². The summed E-state index contributed by atoms with van der Waals surface area (Å²) in [6.45, 7) is 3.66. The molecule has 2 N–H and O–H groups in total. The highest BCUT2D eigenvalue weighted by Crippen LogP contribution is 2.23. The maximum absolute atomic E-state index is 12.4. The molecular formula is C15H18N4O. The number of fused-ring (bicyclic) bond motifs is 1. The number of hydrogen-bond donors (Lipinski definition) is 2. The third-order valence-electron chi connectivity index (χ3n) is 3.65. The molecule has 20 heavy (non-hydrogen) atoms. The lowest BCUT2D eigenvalue weighted by Crippen LogP contribution is -2.25. The molecule has 0 bridgehead atoms. The molecule has 0 fully saturated rings. The van der Waals surface area contributed by atoms with Gasteiger partial charge in [-0.1, -0.05) is 12.1 Å². The normalized spacial score (nSPS) is 13.9. The molecule has 3 rings (SSSR count). The van der Waals surface area contributed by atoms with E-state index in [0.29, 0.717) is 5.56 Å². The fourth-order valence-corrected chi connectivity index (χ4v) is 2.66. The van der Waals surface area contributed by atoms with Gasteiger partial charge in [0.05, 0.1) is 11.3 Å². The summed E-state index contributed by atoms with van der Waals surface area (Å²) in [6.07, 6.45) is 2.69. The van der Waals surface area contributed by atoms with Crippen molar-refractivity contribution in [2.24, 2.45) is 7.05 Å². The zero-order chi connectivity index (χ0) is 14.1. The Hall–Kier alpha value is -2.14. The van der Waals surface area contributed by atoms with Crippen LogP contribution in [0.1, 0.15) is 27.2 Å². The summed E-state index contributed by atoms with van der Waals surface area (Å²) in [4.78, 5) is 12.4. The van der Waals surface area contributed by atoms with Gasteiger partial charge in [-0.25, -0.2) is 0 Å². The highest BCUT2D eigenvalue weighted by Gasteiger charge is 2.17. The number of nitrogens with one attached hydrogen (secondary N) is 2. The minimum Gasteiger partial charge on any atom is -0.322 e. The standard InChI is InChI=1S/C15H18N4O/c1-10-13(9-19(2)18-10)15(20)17-14-5-3-4-11-8-16-7-6-12(11)14/h3-5,9,16H,6-8H2,1-2H3,(H,17,20). The number of nitrogens with zero attached hydrogens (tertiary/aromatic N) is 2. The number of rotatable bonds is 2. The first-order valence-corrected chi connectivity index (χ1v) is 6.78. The van der Waals surface area contributed by atoms with Crippen LogP contribution in [-0.2, 0) is 20.0 Å². The molecule has 1 aliphatic heterocycles. The minimum atomic E-state index is -0.0949. The SMILES string of the molecule is Cc1nn(C)cc1C(=O)Nc1cccc2c1CCNC2. The van der Waals surface area contributed by atoms with Crippen LogP contribution in [0, 0.1) is 6.92 Å². The van der Waals surface area contributed by atoms with E-state index in [2.05, 4.69) is 21.8 Å². The lowest BCUT2D eigenvalue weighted by Gasteiger charge is -2.20. The van der Waals surface area contributed by atoms with Crippen molar-refractivity contribution >= 4 is 11.6 Å². The molecule has 1 aromatic heterocycles. The van der Waals surface area contributed by atoms with E-state index in [9.17, 15) is 4.79 Å². The zero-order valence-corrected chi connectivity index (χ0v) is 11.7. The first kappa shape index (κ1) is 12.9. The zero-order valence-electron chi connectivity index (χ0n) is 11.7. The third kappa shape index (κ3) is 2.32. The van der Waals surface area contributed by atoms with Crippen LogP contribution in [0.4, 0.5) is 5.69 Å². The quantitative estimate of drug-likeness (QED) is 0.872. The van der Waals surface area contributed by atoms with Crippen molar-refractivity contribution in [1.82, 2.24) is 15.1 Å². The average molecular weight is 270 g/mol.